The summed E-state index contributed by atoms with van der Waals surface area (Å²) in [5.74, 6) is -0.713. The van der Waals surface area contributed by atoms with Gasteiger partial charge in [0.2, 0.25) is 0 Å². The van der Waals surface area contributed by atoms with Crippen molar-refractivity contribution in [2.45, 2.75) is 59.4 Å². The molecule has 0 spiro atoms. The van der Waals surface area contributed by atoms with Crippen molar-refractivity contribution in [3.8, 4) is 11.3 Å². The van der Waals surface area contributed by atoms with E-state index in [-0.39, 0.29) is 42.2 Å². The lowest BCUT2D eigenvalue weighted by atomic mass is 9.80. The van der Waals surface area contributed by atoms with Crippen molar-refractivity contribution in [1.29, 1.82) is 0 Å². The standard InChI is InChI=1S/C28H22F8N4O2S/c29-21-7-9-23(10-8-21)43(41,42)25(19-3-5-20(6-4-19)26(30,27(31,32)33)28(34,35)36)13-11-22(12-14-25)40-17-24(38-39-40)18-2-1-15-37-16-18/h1-10,15-17,22H,11-14H2. The molecule has 0 bridgehead atoms. The molecule has 0 aliphatic heterocycles. The van der Waals surface area contributed by atoms with Crippen LogP contribution in [0.1, 0.15) is 42.9 Å². The number of rotatable bonds is 6. The van der Waals surface area contributed by atoms with Gasteiger partial charge in [0.1, 0.15) is 16.3 Å². The lowest BCUT2D eigenvalue weighted by Crippen LogP contribution is -2.50. The summed E-state index contributed by atoms with van der Waals surface area (Å²) >= 11 is 0. The fraction of sp³-hybridized carbons (Fsp3) is 0.321. The van der Waals surface area contributed by atoms with Gasteiger partial charge >= 0.3 is 18.0 Å². The number of benzene rings is 2. The van der Waals surface area contributed by atoms with E-state index in [9.17, 15) is 43.5 Å². The third-order valence-electron chi connectivity index (χ3n) is 7.83. The molecule has 0 unspecified atom stereocenters. The molecule has 2 aromatic carbocycles. The number of aromatic nitrogens is 4. The first kappa shape index (κ1) is 30.6. The van der Waals surface area contributed by atoms with Crippen LogP contribution in [-0.2, 0) is 20.3 Å². The molecule has 0 atom stereocenters. The number of sulfone groups is 1. The van der Waals surface area contributed by atoms with Crippen molar-refractivity contribution in [3.63, 3.8) is 0 Å². The van der Waals surface area contributed by atoms with Gasteiger partial charge in [0, 0.05) is 23.5 Å². The van der Waals surface area contributed by atoms with Gasteiger partial charge < -0.3 is 0 Å². The molecule has 0 N–H and O–H groups in total. The lowest BCUT2D eigenvalue weighted by molar-refractivity contribution is -0.348. The molecule has 228 valence electrons. The molecule has 2 aromatic heterocycles. The maximum absolute atomic E-state index is 14.7. The van der Waals surface area contributed by atoms with Crippen LogP contribution < -0.4 is 0 Å². The second-order valence-corrected chi connectivity index (χ2v) is 12.5. The van der Waals surface area contributed by atoms with Crippen LogP contribution in [0.25, 0.3) is 11.3 Å². The van der Waals surface area contributed by atoms with Crippen molar-refractivity contribution in [1.82, 2.24) is 20.0 Å². The van der Waals surface area contributed by atoms with Gasteiger partial charge in [0.15, 0.2) is 9.84 Å². The second-order valence-electron chi connectivity index (χ2n) is 10.2. The minimum Gasteiger partial charge on any atom is -0.264 e. The first-order chi connectivity index (χ1) is 20.1. The highest BCUT2D eigenvalue weighted by Crippen LogP contribution is 2.54. The highest BCUT2D eigenvalue weighted by atomic mass is 32.2. The van der Waals surface area contributed by atoms with Crippen LogP contribution in [0.3, 0.4) is 0 Å². The first-order valence-electron chi connectivity index (χ1n) is 12.9. The Bertz CT molecular complexity index is 1670. The number of pyridine rings is 1. The molecule has 0 radical (unpaired) electrons. The first-order valence-corrected chi connectivity index (χ1v) is 14.3. The number of hydrogen-bond acceptors (Lipinski definition) is 5. The number of halogens is 8. The quantitative estimate of drug-likeness (QED) is 0.166. The molecular formula is C28H22F8N4O2S. The molecular weight excluding hydrogens is 608 g/mol. The van der Waals surface area contributed by atoms with E-state index in [1.807, 2.05) is 0 Å². The molecule has 2 heterocycles. The smallest absolute Gasteiger partial charge is 0.264 e. The Balaban J connectivity index is 1.53. The largest absolute Gasteiger partial charge is 0.435 e. The molecule has 4 aromatic rings. The Hall–Kier alpha value is -3.88. The summed E-state index contributed by atoms with van der Waals surface area (Å²) in [6, 6.07) is 9.23. The van der Waals surface area contributed by atoms with Crippen molar-refractivity contribution < 1.29 is 43.5 Å². The van der Waals surface area contributed by atoms with Crippen LogP contribution in [-0.4, -0.2) is 40.7 Å². The number of hydrogen-bond donors (Lipinski definition) is 0. The van der Waals surface area contributed by atoms with E-state index in [2.05, 4.69) is 15.3 Å². The molecule has 15 heteroatoms. The van der Waals surface area contributed by atoms with Gasteiger partial charge in [-0.3, -0.25) is 4.98 Å². The minimum atomic E-state index is -6.32. The third-order valence-corrected chi connectivity index (χ3v) is 10.4. The van der Waals surface area contributed by atoms with Gasteiger partial charge in [-0.05, 0) is 67.6 Å². The zero-order valence-corrected chi connectivity index (χ0v) is 22.8. The van der Waals surface area contributed by atoms with E-state index in [1.165, 1.54) is 0 Å². The number of alkyl halides is 7. The summed E-state index contributed by atoms with van der Waals surface area (Å²) in [6.45, 7) is 0. The molecule has 43 heavy (non-hydrogen) atoms. The molecule has 0 saturated heterocycles. The second kappa shape index (κ2) is 10.7. The van der Waals surface area contributed by atoms with Gasteiger partial charge in [-0.25, -0.2) is 21.9 Å². The van der Waals surface area contributed by atoms with Gasteiger partial charge in [-0.2, -0.15) is 26.3 Å². The van der Waals surface area contributed by atoms with Crippen LogP contribution in [0.2, 0.25) is 0 Å². The average molecular weight is 631 g/mol. The highest BCUT2D eigenvalue weighted by molar-refractivity contribution is 7.92. The van der Waals surface area contributed by atoms with Crippen LogP contribution in [0.5, 0.6) is 0 Å². The van der Waals surface area contributed by atoms with E-state index in [4.69, 9.17) is 0 Å². The third kappa shape index (κ3) is 5.17. The lowest BCUT2D eigenvalue weighted by Gasteiger charge is -2.40. The monoisotopic (exact) mass is 630 g/mol. The normalized spacial score (nSPS) is 20.2. The van der Waals surface area contributed by atoms with E-state index in [0.717, 1.165) is 36.4 Å². The predicted molar refractivity (Wildman–Crippen MR) is 137 cm³/mol. The summed E-state index contributed by atoms with van der Waals surface area (Å²) in [5, 5.41) is 8.28. The summed E-state index contributed by atoms with van der Waals surface area (Å²) < 4.78 is 136. The molecule has 1 fully saturated rings. The molecule has 0 amide bonds. The van der Waals surface area contributed by atoms with Crippen molar-refractivity contribution >= 4 is 9.84 Å². The van der Waals surface area contributed by atoms with E-state index >= 15 is 0 Å². The highest BCUT2D eigenvalue weighted by Gasteiger charge is 2.73. The SMILES string of the molecule is O=S(=O)(c1ccc(F)cc1)C1(c2ccc(C(F)(C(F)(F)F)C(F)(F)F)cc2)CCC(n2cc(-c3cccnc3)nn2)CC1. The zero-order chi connectivity index (χ0) is 31.3. The van der Waals surface area contributed by atoms with Gasteiger partial charge in [0.25, 0.3) is 0 Å². The Labute approximate surface area is 240 Å². The van der Waals surface area contributed by atoms with Crippen LogP contribution in [0, 0.1) is 5.82 Å². The summed E-state index contributed by atoms with van der Waals surface area (Å²) in [6.07, 6.45) is -7.72. The van der Waals surface area contributed by atoms with Gasteiger partial charge in [-0.1, -0.05) is 29.5 Å². The Morgan fingerprint density at radius 1 is 0.837 bits per heavy atom. The van der Waals surface area contributed by atoms with E-state index in [1.54, 1.807) is 35.4 Å². The molecule has 1 aliphatic carbocycles. The van der Waals surface area contributed by atoms with Crippen molar-refractivity contribution in [2.75, 3.05) is 0 Å². The predicted octanol–water partition coefficient (Wildman–Crippen LogP) is 7.25. The minimum absolute atomic E-state index is 0.125. The maximum atomic E-state index is 14.7. The van der Waals surface area contributed by atoms with Gasteiger partial charge in [-0.15, -0.1) is 5.10 Å². The van der Waals surface area contributed by atoms with Crippen molar-refractivity contribution in [3.05, 3.63) is 96.2 Å². The van der Waals surface area contributed by atoms with E-state index < -0.39 is 44.0 Å². The van der Waals surface area contributed by atoms with Crippen LogP contribution in [0.4, 0.5) is 35.1 Å². The van der Waals surface area contributed by atoms with Gasteiger partial charge in [0.05, 0.1) is 17.1 Å². The molecule has 5 rings (SSSR count). The maximum Gasteiger partial charge on any atom is 0.435 e. The molecule has 1 saturated carbocycles. The zero-order valence-electron chi connectivity index (χ0n) is 21.9. The fourth-order valence-corrected chi connectivity index (χ4v) is 7.64. The summed E-state index contributed by atoms with van der Waals surface area (Å²) in [5.41, 5.74) is -6.31. The fourth-order valence-electron chi connectivity index (χ4n) is 5.48. The summed E-state index contributed by atoms with van der Waals surface area (Å²) in [7, 11) is -4.40. The number of nitrogens with zero attached hydrogens (tertiary/aromatic N) is 4. The van der Waals surface area contributed by atoms with Crippen LogP contribution in [0.15, 0.2) is 84.1 Å². The van der Waals surface area contributed by atoms with Crippen LogP contribution >= 0.6 is 0 Å². The topological polar surface area (TPSA) is 77.7 Å². The molecule has 1 aliphatic rings. The van der Waals surface area contributed by atoms with Crippen molar-refractivity contribution in [2.24, 2.45) is 0 Å². The average Bonchev–Trinajstić information content (AvgIpc) is 3.47. The molecule has 6 nitrogen and oxygen atoms in total. The Kier molecular flexibility index (Phi) is 7.60. The Morgan fingerprint density at radius 3 is 1.98 bits per heavy atom. The summed E-state index contributed by atoms with van der Waals surface area (Å²) in [4.78, 5) is 3.74. The Morgan fingerprint density at radius 2 is 1.44 bits per heavy atom. The van der Waals surface area contributed by atoms with E-state index in [0.29, 0.717) is 23.4 Å².